The summed E-state index contributed by atoms with van der Waals surface area (Å²) in [5.41, 5.74) is -0.241. The fraction of sp³-hybridized carbons (Fsp3) is 0.529. The molecule has 0 fully saturated rings. The standard InChI is InChI=1S/C17H25NO5/c1-7-11(2)23-14-9-8-12(10-13(14)15(19)21-5)18-16(20)17(3,4)22-6/h8-11H,7H2,1-6H3,(H,18,20)/t11-/m0/s1. The number of carbonyl (C=O) groups excluding carboxylic acids is 2. The normalized spacial score (nSPS) is 12.4. The van der Waals surface area contributed by atoms with Gasteiger partial charge in [-0.1, -0.05) is 6.92 Å². The van der Waals surface area contributed by atoms with Crippen molar-refractivity contribution in [1.82, 2.24) is 0 Å². The van der Waals surface area contributed by atoms with Crippen LogP contribution in [0.15, 0.2) is 18.2 Å². The van der Waals surface area contributed by atoms with Crippen molar-refractivity contribution in [2.24, 2.45) is 0 Å². The van der Waals surface area contributed by atoms with Crippen LogP contribution in [-0.4, -0.2) is 37.8 Å². The van der Waals surface area contributed by atoms with Crippen LogP contribution in [-0.2, 0) is 14.3 Å². The Labute approximate surface area is 137 Å². The first-order chi connectivity index (χ1) is 10.7. The number of benzene rings is 1. The molecule has 23 heavy (non-hydrogen) atoms. The molecule has 0 unspecified atom stereocenters. The third-order valence-corrected chi connectivity index (χ3v) is 3.60. The molecule has 0 saturated carbocycles. The molecule has 0 bridgehead atoms. The van der Waals surface area contributed by atoms with Crippen molar-refractivity contribution in [3.8, 4) is 5.75 Å². The summed E-state index contributed by atoms with van der Waals surface area (Å²) in [6.45, 7) is 7.22. The second kappa shape index (κ2) is 7.97. The molecule has 0 aliphatic carbocycles. The molecule has 0 aromatic heterocycles. The summed E-state index contributed by atoms with van der Waals surface area (Å²) in [5, 5.41) is 2.72. The molecular weight excluding hydrogens is 298 g/mol. The van der Waals surface area contributed by atoms with Crippen LogP contribution in [0.25, 0.3) is 0 Å². The van der Waals surface area contributed by atoms with Gasteiger partial charge in [0.1, 0.15) is 16.9 Å². The largest absolute Gasteiger partial charge is 0.490 e. The van der Waals surface area contributed by atoms with Gasteiger partial charge in [-0.25, -0.2) is 4.79 Å². The monoisotopic (exact) mass is 323 g/mol. The van der Waals surface area contributed by atoms with Crippen LogP contribution in [0.4, 0.5) is 5.69 Å². The maximum Gasteiger partial charge on any atom is 0.341 e. The minimum absolute atomic E-state index is 0.0359. The molecular formula is C17H25NO5. The van der Waals surface area contributed by atoms with Gasteiger partial charge >= 0.3 is 5.97 Å². The highest BCUT2D eigenvalue weighted by molar-refractivity contribution is 5.99. The van der Waals surface area contributed by atoms with E-state index in [1.807, 2.05) is 13.8 Å². The lowest BCUT2D eigenvalue weighted by Crippen LogP contribution is -2.38. The fourth-order valence-corrected chi connectivity index (χ4v) is 1.65. The minimum atomic E-state index is -0.975. The first-order valence-electron chi connectivity index (χ1n) is 7.50. The van der Waals surface area contributed by atoms with E-state index in [9.17, 15) is 9.59 Å². The van der Waals surface area contributed by atoms with Crippen molar-refractivity contribution in [2.75, 3.05) is 19.5 Å². The Hall–Kier alpha value is -2.08. The maximum absolute atomic E-state index is 12.1. The highest BCUT2D eigenvalue weighted by atomic mass is 16.5. The molecule has 1 amide bonds. The van der Waals surface area contributed by atoms with Gasteiger partial charge in [-0.2, -0.15) is 0 Å². The summed E-state index contributed by atoms with van der Waals surface area (Å²) in [6.07, 6.45) is 0.771. The quantitative estimate of drug-likeness (QED) is 0.781. The molecule has 6 heteroatoms. The van der Waals surface area contributed by atoms with E-state index in [2.05, 4.69) is 5.32 Å². The summed E-state index contributed by atoms with van der Waals surface area (Å²) >= 11 is 0. The van der Waals surface area contributed by atoms with Crippen molar-refractivity contribution in [1.29, 1.82) is 0 Å². The number of ether oxygens (including phenoxy) is 3. The number of esters is 1. The van der Waals surface area contributed by atoms with Crippen LogP contribution in [0.2, 0.25) is 0 Å². The van der Waals surface area contributed by atoms with E-state index in [1.165, 1.54) is 20.3 Å². The Balaban J connectivity index is 3.09. The Morgan fingerprint density at radius 1 is 1.26 bits per heavy atom. The molecule has 0 spiro atoms. The third kappa shape index (κ3) is 4.96. The fourth-order valence-electron chi connectivity index (χ4n) is 1.65. The van der Waals surface area contributed by atoms with Gasteiger partial charge in [0.15, 0.2) is 0 Å². The molecule has 0 aliphatic rings. The molecule has 128 valence electrons. The number of anilines is 1. The van der Waals surface area contributed by atoms with Crippen molar-refractivity contribution in [3.05, 3.63) is 23.8 Å². The number of amides is 1. The number of hydrogen-bond acceptors (Lipinski definition) is 5. The summed E-state index contributed by atoms with van der Waals surface area (Å²) in [4.78, 5) is 24.1. The molecule has 1 aromatic carbocycles. The van der Waals surface area contributed by atoms with Crippen molar-refractivity contribution >= 4 is 17.6 Å². The average molecular weight is 323 g/mol. The lowest BCUT2D eigenvalue weighted by atomic mass is 10.1. The van der Waals surface area contributed by atoms with Gasteiger partial charge in [0.05, 0.1) is 13.2 Å². The summed E-state index contributed by atoms with van der Waals surface area (Å²) in [5.74, 6) is -0.410. The van der Waals surface area contributed by atoms with Crippen LogP contribution < -0.4 is 10.1 Å². The molecule has 6 nitrogen and oxygen atoms in total. The lowest BCUT2D eigenvalue weighted by Gasteiger charge is -2.22. The second-order valence-corrected chi connectivity index (χ2v) is 5.71. The van der Waals surface area contributed by atoms with E-state index in [4.69, 9.17) is 14.2 Å². The molecule has 1 atom stereocenters. The zero-order valence-corrected chi connectivity index (χ0v) is 14.6. The molecule has 0 radical (unpaired) electrons. The van der Waals surface area contributed by atoms with Crippen LogP contribution >= 0.6 is 0 Å². The Bertz CT molecular complexity index is 568. The minimum Gasteiger partial charge on any atom is -0.490 e. The highest BCUT2D eigenvalue weighted by Gasteiger charge is 2.27. The number of methoxy groups -OCH3 is 2. The summed E-state index contributed by atoms with van der Waals surface area (Å²) in [7, 11) is 2.76. The lowest BCUT2D eigenvalue weighted by molar-refractivity contribution is -0.133. The molecule has 1 rings (SSSR count). The number of nitrogens with one attached hydrogen (secondary N) is 1. The first-order valence-corrected chi connectivity index (χ1v) is 7.50. The molecule has 1 aromatic rings. The van der Waals surface area contributed by atoms with Gasteiger partial charge in [-0.05, 0) is 45.4 Å². The molecule has 0 saturated heterocycles. The topological polar surface area (TPSA) is 73.9 Å². The van der Waals surface area contributed by atoms with Crippen LogP contribution in [0.5, 0.6) is 5.75 Å². The van der Waals surface area contributed by atoms with Gasteiger partial charge in [0, 0.05) is 12.8 Å². The predicted octanol–water partition coefficient (Wildman–Crippen LogP) is 3.01. The smallest absolute Gasteiger partial charge is 0.341 e. The average Bonchev–Trinajstić information content (AvgIpc) is 2.55. The highest BCUT2D eigenvalue weighted by Crippen LogP contribution is 2.26. The van der Waals surface area contributed by atoms with Crippen molar-refractivity contribution < 1.29 is 23.8 Å². The van der Waals surface area contributed by atoms with Crippen LogP contribution in [0, 0.1) is 0 Å². The van der Waals surface area contributed by atoms with Gasteiger partial charge in [0.2, 0.25) is 0 Å². The zero-order valence-electron chi connectivity index (χ0n) is 14.6. The number of rotatable bonds is 7. The Morgan fingerprint density at radius 2 is 1.91 bits per heavy atom. The summed E-state index contributed by atoms with van der Waals surface area (Å²) in [6, 6.07) is 4.86. The zero-order chi connectivity index (χ0) is 17.6. The first kappa shape index (κ1) is 19.0. The van der Waals surface area contributed by atoms with Crippen molar-refractivity contribution in [2.45, 2.75) is 45.8 Å². The van der Waals surface area contributed by atoms with E-state index in [0.29, 0.717) is 11.4 Å². The molecule has 0 aliphatic heterocycles. The third-order valence-electron chi connectivity index (χ3n) is 3.60. The van der Waals surface area contributed by atoms with Gasteiger partial charge < -0.3 is 19.5 Å². The maximum atomic E-state index is 12.1. The van der Waals surface area contributed by atoms with Crippen LogP contribution in [0.1, 0.15) is 44.5 Å². The number of carbonyl (C=O) groups is 2. The van der Waals surface area contributed by atoms with E-state index < -0.39 is 11.6 Å². The van der Waals surface area contributed by atoms with E-state index >= 15 is 0 Å². The van der Waals surface area contributed by atoms with Crippen LogP contribution in [0.3, 0.4) is 0 Å². The predicted molar refractivity (Wildman–Crippen MR) is 87.9 cm³/mol. The van der Waals surface area contributed by atoms with Crippen molar-refractivity contribution in [3.63, 3.8) is 0 Å². The molecule has 0 heterocycles. The second-order valence-electron chi connectivity index (χ2n) is 5.71. The van der Waals surface area contributed by atoms with E-state index in [-0.39, 0.29) is 17.6 Å². The van der Waals surface area contributed by atoms with E-state index in [0.717, 1.165) is 6.42 Å². The Kier molecular flexibility index (Phi) is 6.57. The van der Waals surface area contributed by atoms with Gasteiger partial charge in [-0.15, -0.1) is 0 Å². The van der Waals surface area contributed by atoms with Gasteiger partial charge in [0.25, 0.3) is 5.91 Å². The Morgan fingerprint density at radius 3 is 2.43 bits per heavy atom. The van der Waals surface area contributed by atoms with Gasteiger partial charge in [-0.3, -0.25) is 4.79 Å². The summed E-state index contributed by atoms with van der Waals surface area (Å²) < 4.78 is 15.6. The molecule has 1 N–H and O–H groups in total. The number of hydrogen-bond donors (Lipinski definition) is 1. The SMILES string of the molecule is CC[C@H](C)Oc1ccc(NC(=O)C(C)(C)OC)cc1C(=O)OC. The van der Waals surface area contributed by atoms with E-state index in [1.54, 1.807) is 26.0 Å².